The summed E-state index contributed by atoms with van der Waals surface area (Å²) in [6.07, 6.45) is 0. The van der Waals surface area contributed by atoms with Gasteiger partial charge in [-0.05, 0) is 12.3 Å². The average Bonchev–Trinajstić information content (AvgIpc) is 2.84. The molecule has 0 aliphatic rings. The van der Waals surface area contributed by atoms with Gasteiger partial charge in [0.25, 0.3) is 10.0 Å². The summed E-state index contributed by atoms with van der Waals surface area (Å²) in [5, 5.41) is 0. The van der Waals surface area contributed by atoms with Gasteiger partial charge >= 0.3 is 5.97 Å². The lowest BCUT2D eigenvalue weighted by molar-refractivity contribution is 0.0590. The van der Waals surface area contributed by atoms with Crippen LogP contribution in [-0.4, -0.2) is 43.9 Å². The van der Waals surface area contributed by atoms with E-state index in [0.29, 0.717) is 0 Å². The van der Waals surface area contributed by atoms with Gasteiger partial charge in [0.15, 0.2) is 9.90 Å². The van der Waals surface area contributed by atoms with Gasteiger partial charge < -0.3 is 4.74 Å². The number of aromatic nitrogens is 1. The second-order valence-electron chi connectivity index (χ2n) is 5.54. The standard InChI is InChI=1S/C12H20N2O4S2/c1-8(12(2,3)4)14(5)20(16,17)11-9(10(15)18-6)13-7-19-11/h7-8H,1-6H3. The topological polar surface area (TPSA) is 76.6 Å². The lowest BCUT2D eigenvalue weighted by atomic mass is 9.88. The lowest BCUT2D eigenvalue weighted by Gasteiger charge is -2.34. The highest BCUT2D eigenvalue weighted by Gasteiger charge is 2.36. The minimum absolute atomic E-state index is 0.0806. The first-order valence-corrected chi connectivity index (χ1v) is 8.35. The molecule has 0 saturated heterocycles. The molecule has 0 amide bonds. The maximum absolute atomic E-state index is 12.6. The van der Waals surface area contributed by atoms with Crippen LogP contribution in [0.5, 0.6) is 0 Å². The molecule has 6 nitrogen and oxygen atoms in total. The van der Waals surface area contributed by atoms with Crippen molar-refractivity contribution in [3.63, 3.8) is 0 Å². The van der Waals surface area contributed by atoms with E-state index in [9.17, 15) is 13.2 Å². The zero-order valence-electron chi connectivity index (χ0n) is 12.5. The summed E-state index contributed by atoms with van der Waals surface area (Å²) in [5.74, 6) is -0.748. The van der Waals surface area contributed by atoms with E-state index in [1.54, 1.807) is 0 Å². The molecule has 1 heterocycles. The summed E-state index contributed by atoms with van der Waals surface area (Å²) < 4.78 is 31.0. The van der Waals surface area contributed by atoms with Crippen LogP contribution in [0, 0.1) is 5.41 Å². The Bertz CT molecular complexity index is 587. The minimum atomic E-state index is -3.78. The van der Waals surface area contributed by atoms with Crippen LogP contribution in [-0.2, 0) is 14.8 Å². The largest absolute Gasteiger partial charge is 0.464 e. The highest BCUT2D eigenvalue weighted by Crippen LogP contribution is 2.30. The van der Waals surface area contributed by atoms with Crippen LogP contribution in [0.25, 0.3) is 0 Å². The number of methoxy groups -OCH3 is 1. The molecule has 0 aliphatic heterocycles. The molecule has 0 fully saturated rings. The molecule has 1 atom stereocenters. The molecule has 0 saturated carbocycles. The summed E-state index contributed by atoms with van der Waals surface area (Å²) >= 11 is 0.915. The molecule has 0 N–H and O–H groups in total. The normalized spacial score (nSPS) is 14.3. The molecule has 0 aliphatic carbocycles. The van der Waals surface area contributed by atoms with Crippen molar-refractivity contribution < 1.29 is 17.9 Å². The van der Waals surface area contributed by atoms with E-state index in [4.69, 9.17) is 0 Å². The van der Waals surface area contributed by atoms with Crippen molar-refractivity contribution in [2.24, 2.45) is 5.41 Å². The van der Waals surface area contributed by atoms with Gasteiger partial charge in [0.05, 0.1) is 12.6 Å². The summed E-state index contributed by atoms with van der Waals surface area (Å²) in [5.41, 5.74) is 0.942. The van der Waals surface area contributed by atoms with Gasteiger partial charge in [0.1, 0.15) is 0 Å². The maximum Gasteiger partial charge on any atom is 0.358 e. The van der Waals surface area contributed by atoms with Gasteiger partial charge in [-0.3, -0.25) is 0 Å². The third kappa shape index (κ3) is 3.18. The number of sulfonamides is 1. The number of ether oxygens (including phenoxy) is 1. The van der Waals surface area contributed by atoms with E-state index >= 15 is 0 Å². The number of thiazole rings is 1. The second kappa shape index (κ2) is 5.79. The molecular formula is C12H20N2O4S2. The molecule has 0 radical (unpaired) electrons. The Morgan fingerprint density at radius 2 is 2.00 bits per heavy atom. The number of esters is 1. The molecular weight excluding hydrogens is 300 g/mol. The van der Waals surface area contributed by atoms with Crippen molar-refractivity contribution in [1.29, 1.82) is 0 Å². The molecule has 0 spiro atoms. The van der Waals surface area contributed by atoms with Crippen molar-refractivity contribution in [3.8, 4) is 0 Å². The number of carbonyl (C=O) groups is 1. The second-order valence-corrected chi connectivity index (χ2v) is 8.59. The maximum atomic E-state index is 12.6. The quantitative estimate of drug-likeness (QED) is 0.793. The van der Waals surface area contributed by atoms with Gasteiger partial charge in [-0.15, -0.1) is 11.3 Å². The van der Waals surface area contributed by atoms with Gasteiger partial charge in [0, 0.05) is 13.1 Å². The van der Waals surface area contributed by atoms with E-state index in [-0.39, 0.29) is 21.4 Å². The van der Waals surface area contributed by atoms with Crippen LogP contribution in [0.3, 0.4) is 0 Å². The van der Waals surface area contributed by atoms with Gasteiger partial charge in [-0.25, -0.2) is 18.2 Å². The van der Waals surface area contributed by atoms with Crippen molar-refractivity contribution >= 4 is 27.3 Å². The smallest absolute Gasteiger partial charge is 0.358 e. The number of hydrogen-bond acceptors (Lipinski definition) is 6. The Labute approximate surface area is 123 Å². The number of carbonyl (C=O) groups excluding carboxylic acids is 1. The number of hydrogen-bond donors (Lipinski definition) is 0. The molecule has 1 aromatic rings. The van der Waals surface area contributed by atoms with Crippen LogP contribution in [0.4, 0.5) is 0 Å². The van der Waals surface area contributed by atoms with Crippen LogP contribution in [0.15, 0.2) is 9.72 Å². The Morgan fingerprint density at radius 1 is 1.45 bits per heavy atom. The molecule has 1 rings (SSSR count). The zero-order chi connectivity index (χ0) is 15.7. The Morgan fingerprint density at radius 3 is 2.45 bits per heavy atom. The Hall–Kier alpha value is -0.990. The Kier molecular flexibility index (Phi) is 4.94. The van der Waals surface area contributed by atoms with Gasteiger partial charge in [0.2, 0.25) is 0 Å². The number of nitrogens with zero attached hydrogens (tertiary/aromatic N) is 2. The predicted octanol–water partition coefficient (Wildman–Crippen LogP) is 1.98. The average molecular weight is 320 g/mol. The third-order valence-electron chi connectivity index (χ3n) is 3.33. The first-order chi connectivity index (χ1) is 9.03. The van der Waals surface area contributed by atoms with E-state index in [2.05, 4.69) is 9.72 Å². The third-order valence-corrected chi connectivity index (χ3v) is 6.60. The van der Waals surface area contributed by atoms with E-state index in [1.165, 1.54) is 24.0 Å². The molecule has 0 aromatic carbocycles. The highest BCUT2D eigenvalue weighted by atomic mass is 32.2. The van der Waals surface area contributed by atoms with E-state index in [1.807, 2.05) is 27.7 Å². The minimum Gasteiger partial charge on any atom is -0.464 e. The molecule has 0 bridgehead atoms. The van der Waals surface area contributed by atoms with Crippen LogP contribution in [0.2, 0.25) is 0 Å². The monoisotopic (exact) mass is 320 g/mol. The molecule has 8 heteroatoms. The molecule has 114 valence electrons. The number of rotatable bonds is 4. The predicted molar refractivity (Wildman–Crippen MR) is 77.3 cm³/mol. The summed E-state index contributed by atoms with van der Waals surface area (Å²) in [7, 11) is -1.08. The van der Waals surface area contributed by atoms with Crippen LogP contribution >= 0.6 is 11.3 Å². The highest BCUT2D eigenvalue weighted by molar-refractivity contribution is 7.91. The molecule has 1 unspecified atom stereocenters. The fourth-order valence-electron chi connectivity index (χ4n) is 1.54. The fraction of sp³-hybridized carbons (Fsp3) is 0.667. The Balaban J connectivity index is 3.25. The van der Waals surface area contributed by atoms with Gasteiger partial charge in [-0.2, -0.15) is 4.31 Å². The van der Waals surface area contributed by atoms with E-state index in [0.717, 1.165) is 11.3 Å². The van der Waals surface area contributed by atoms with Gasteiger partial charge in [-0.1, -0.05) is 20.8 Å². The van der Waals surface area contributed by atoms with Crippen LogP contribution < -0.4 is 0 Å². The fourth-order valence-corrected chi connectivity index (χ4v) is 4.38. The molecule has 20 heavy (non-hydrogen) atoms. The summed E-state index contributed by atoms with van der Waals surface area (Å²) in [4.78, 5) is 15.4. The summed E-state index contributed by atoms with van der Waals surface area (Å²) in [6.45, 7) is 7.70. The first kappa shape index (κ1) is 17.1. The SMILES string of the molecule is COC(=O)c1ncsc1S(=O)(=O)N(C)C(C)C(C)(C)C. The van der Waals surface area contributed by atoms with Crippen molar-refractivity contribution in [2.45, 2.75) is 37.9 Å². The summed E-state index contributed by atoms with van der Waals surface area (Å²) in [6, 6.07) is -0.236. The van der Waals surface area contributed by atoms with Crippen LogP contribution in [0.1, 0.15) is 38.2 Å². The first-order valence-electron chi connectivity index (χ1n) is 6.03. The molecule has 1 aromatic heterocycles. The lowest BCUT2D eigenvalue weighted by Crippen LogP contribution is -2.43. The zero-order valence-corrected chi connectivity index (χ0v) is 14.1. The van der Waals surface area contributed by atoms with Crippen molar-refractivity contribution in [3.05, 3.63) is 11.2 Å². The van der Waals surface area contributed by atoms with Crippen molar-refractivity contribution in [1.82, 2.24) is 9.29 Å². The van der Waals surface area contributed by atoms with E-state index < -0.39 is 16.0 Å². The van der Waals surface area contributed by atoms with Crippen molar-refractivity contribution in [2.75, 3.05) is 14.2 Å².